The number of hydrogen-bond donors (Lipinski definition) is 2. The van der Waals surface area contributed by atoms with Gasteiger partial charge in [0.05, 0.1) is 11.5 Å². The lowest BCUT2D eigenvalue weighted by molar-refractivity contribution is -0.139. The van der Waals surface area contributed by atoms with Gasteiger partial charge in [0.2, 0.25) is 0 Å². The number of thioether (sulfide) groups is 1. The van der Waals surface area contributed by atoms with Crippen LogP contribution in [-0.4, -0.2) is 55.1 Å². The maximum Gasteiger partial charge on any atom is 0.320 e. The molecule has 0 amide bonds. The van der Waals surface area contributed by atoms with E-state index in [1.165, 1.54) is 0 Å². The molecule has 0 aromatic carbocycles. The fourth-order valence-electron chi connectivity index (χ4n) is 1.72. The summed E-state index contributed by atoms with van der Waals surface area (Å²) in [6, 6.07) is -0.835. The molecule has 0 aromatic rings. The smallest absolute Gasteiger partial charge is 0.320 e. The zero-order chi connectivity index (χ0) is 12.2. The Bertz CT molecular complexity index is 341. The number of carboxylic acids is 1. The van der Waals surface area contributed by atoms with Crippen LogP contribution >= 0.6 is 11.8 Å². The monoisotopic (exact) mass is 267 g/mol. The predicted octanol–water partition coefficient (Wildman–Crippen LogP) is -0.0306. The molecule has 0 aliphatic carbocycles. The molecule has 1 unspecified atom stereocenters. The minimum atomic E-state index is -2.95. The zero-order valence-corrected chi connectivity index (χ0v) is 10.8. The molecule has 2 N–H and O–H groups in total. The van der Waals surface area contributed by atoms with E-state index in [4.69, 9.17) is 5.11 Å². The second-order valence-electron chi connectivity index (χ2n) is 3.94. The minimum Gasteiger partial charge on any atom is -0.480 e. The Balaban J connectivity index is 2.46. The normalized spacial score (nSPS) is 25.4. The van der Waals surface area contributed by atoms with Gasteiger partial charge in [-0.2, -0.15) is 11.8 Å². The summed E-state index contributed by atoms with van der Waals surface area (Å²) in [5, 5.41) is 11.9. The van der Waals surface area contributed by atoms with Crippen LogP contribution in [0.25, 0.3) is 0 Å². The van der Waals surface area contributed by atoms with Crippen molar-refractivity contribution in [2.75, 3.05) is 23.5 Å². The largest absolute Gasteiger partial charge is 0.480 e. The lowest BCUT2D eigenvalue weighted by Crippen LogP contribution is -2.44. The molecule has 0 spiro atoms. The highest BCUT2D eigenvalue weighted by Crippen LogP contribution is 2.13. The number of aliphatic carboxylic acids is 1. The lowest BCUT2D eigenvalue weighted by atomic mass is 10.2. The van der Waals surface area contributed by atoms with Gasteiger partial charge in [0.25, 0.3) is 0 Å². The Morgan fingerprint density at radius 1 is 1.62 bits per heavy atom. The van der Waals surface area contributed by atoms with Gasteiger partial charge in [0, 0.05) is 6.04 Å². The van der Waals surface area contributed by atoms with Crippen molar-refractivity contribution in [2.45, 2.75) is 24.9 Å². The van der Waals surface area contributed by atoms with Gasteiger partial charge in [-0.25, -0.2) is 8.42 Å². The lowest BCUT2D eigenvalue weighted by Gasteiger charge is -2.18. The van der Waals surface area contributed by atoms with Crippen LogP contribution in [0.2, 0.25) is 0 Å². The average Bonchev–Trinajstić information content (AvgIpc) is 2.52. The van der Waals surface area contributed by atoms with E-state index in [0.29, 0.717) is 12.8 Å². The van der Waals surface area contributed by atoms with Gasteiger partial charge >= 0.3 is 5.97 Å². The van der Waals surface area contributed by atoms with E-state index in [0.717, 1.165) is 5.75 Å². The van der Waals surface area contributed by atoms with E-state index in [1.807, 2.05) is 6.26 Å². The molecule has 7 heteroatoms. The second-order valence-corrected chi connectivity index (χ2v) is 7.15. The summed E-state index contributed by atoms with van der Waals surface area (Å²) in [7, 11) is -2.95. The number of sulfone groups is 1. The molecule has 94 valence electrons. The summed E-state index contributed by atoms with van der Waals surface area (Å²) in [4.78, 5) is 10.9. The predicted molar refractivity (Wildman–Crippen MR) is 64.6 cm³/mol. The third kappa shape index (κ3) is 4.31. The summed E-state index contributed by atoms with van der Waals surface area (Å²) >= 11 is 1.58. The maximum absolute atomic E-state index is 11.2. The van der Waals surface area contributed by atoms with Crippen molar-refractivity contribution in [1.82, 2.24) is 5.32 Å². The van der Waals surface area contributed by atoms with Crippen molar-refractivity contribution in [2.24, 2.45) is 0 Å². The molecule has 2 atom stereocenters. The maximum atomic E-state index is 11.2. The Hall–Kier alpha value is -0.270. The zero-order valence-electron chi connectivity index (χ0n) is 9.18. The van der Waals surface area contributed by atoms with E-state index in [1.54, 1.807) is 11.8 Å². The van der Waals surface area contributed by atoms with Crippen molar-refractivity contribution in [3.8, 4) is 0 Å². The fourth-order valence-corrected chi connectivity index (χ4v) is 3.88. The van der Waals surface area contributed by atoms with Crippen LogP contribution in [0.1, 0.15) is 12.8 Å². The highest BCUT2D eigenvalue weighted by atomic mass is 32.2. The topological polar surface area (TPSA) is 83.5 Å². The first kappa shape index (κ1) is 13.8. The SMILES string of the molecule is CSCC[C@H](NC1CCS(=O)(=O)C1)C(=O)O. The second kappa shape index (κ2) is 5.88. The Morgan fingerprint density at radius 2 is 2.31 bits per heavy atom. The van der Waals surface area contributed by atoms with Crippen LogP contribution in [0.4, 0.5) is 0 Å². The Morgan fingerprint density at radius 3 is 2.75 bits per heavy atom. The molecule has 5 nitrogen and oxygen atoms in total. The van der Waals surface area contributed by atoms with Gasteiger partial charge in [-0.15, -0.1) is 0 Å². The number of carbonyl (C=O) groups is 1. The number of carboxylic acid groups (broad SMARTS) is 1. The Kier molecular flexibility index (Phi) is 5.07. The molecule has 1 rings (SSSR count). The van der Waals surface area contributed by atoms with Crippen LogP contribution < -0.4 is 5.32 Å². The molecule has 1 aliphatic heterocycles. The molecule has 1 heterocycles. The molecule has 0 saturated carbocycles. The summed E-state index contributed by atoms with van der Waals surface area (Å²) in [5.74, 6) is 0.0808. The number of rotatable bonds is 6. The standard InChI is InChI=1S/C9H17NO4S2/c1-15-4-2-8(9(11)12)10-7-3-5-16(13,14)6-7/h7-8,10H,2-6H2,1H3,(H,11,12)/t7?,8-/m0/s1. The highest BCUT2D eigenvalue weighted by Gasteiger charge is 2.30. The Labute approximate surface area is 99.9 Å². The van der Waals surface area contributed by atoms with Gasteiger partial charge in [-0.05, 0) is 24.9 Å². The molecule has 1 aliphatic rings. The number of nitrogens with one attached hydrogen (secondary N) is 1. The van der Waals surface area contributed by atoms with Crippen LogP contribution in [0.5, 0.6) is 0 Å². The summed E-state index contributed by atoms with van der Waals surface area (Å²) in [6.45, 7) is 0. The van der Waals surface area contributed by atoms with E-state index < -0.39 is 21.8 Å². The minimum absolute atomic E-state index is 0.0655. The molecular weight excluding hydrogens is 250 g/mol. The van der Waals surface area contributed by atoms with E-state index in [9.17, 15) is 13.2 Å². The average molecular weight is 267 g/mol. The van der Waals surface area contributed by atoms with E-state index in [-0.39, 0.29) is 17.5 Å². The summed E-state index contributed by atoms with van der Waals surface area (Å²) < 4.78 is 22.4. The quantitative estimate of drug-likeness (QED) is 0.703. The van der Waals surface area contributed by atoms with Gasteiger partial charge in [0.15, 0.2) is 9.84 Å². The highest BCUT2D eigenvalue weighted by molar-refractivity contribution is 7.98. The first-order chi connectivity index (χ1) is 7.44. The van der Waals surface area contributed by atoms with Crippen molar-refractivity contribution in [1.29, 1.82) is 0 Å². The van der Waals surface area contributed by atoms with Gasteiger partial charge in [-0.3, -0.25) is 4.79 Å². The molecule has 1 fully saturated rings. The van der Waals surface area contributed by atoms with Crippen LogP contribution in [-0.2, 0) is 14.6 Å². The van der Waals surface area contributed by atoms with Gasteiger partial charge in [0.1, 0.15) is 6.04 Å². The third-order valence-electron chi connectivity index (χ3n) is 2.58. The third-order valence-corrected chi connectivity index (χ3v) is 4.99. The van der Waals surface area contributed by atoms with Crippen molar-refractivity contribution >= 4 is 27.6 Å². The summed E-state index contributed by atoms with van der Waals surface area (Å²) in [6.07, 6.45) is 2.96. The summed E-state index contributed by atoms with van der Waals surface area (Å²) in [5.41, 5.74) is 0. The van der Waals surface area contributed by atoms with Crippen molar-refractivity contribution in [3.05, 3.63) is 0 Å². The first-order valence-electron chi connectivity index (χ1n) is 5.13. The molecule has 16 heavy (non-hydrogen) atoms. The van der Waals surface area contributed by atoms with Crippen LogP contribution in [0.15, 0.2) is 0 Å². The molecule has 0 aromatic heterocycles. The molecule has 0 radical (unpaired) electrons. The van der Waals surface area contributed by atoms with Crippen molar-refractivity contribution in [3.63, 3.8) is 0 Å². The van der Waals surface area contributed by atoms with Gasteiger partial charge in [-0.1, -0.05) is 0 Å². The number of hydrogen-bond acceptors (Lipinski definition) is 5. The molecule has 0 bridgehead atoms. The molecular formula is C9H17NO4S2. The van der Waals surface area contributed by atoms with Gasteiger partial charge < -0.3 is 10.4 Å². The first-order valence-corrected chi connectivity index (χ1v) is 8.34. The van der Waals surface area contributed by atoms with E-state index >= 15 is 0 Å². The fraction of sp³-hybridized carbons (Fsp3) is 0.889. The molecule has 1 saturated heterocycles. The van der Waals surface area contributed by atoms with Crippen molar-refractivity contribution < 1.29 is 18.3 Å². The van der Waals surface area contributed by atoms with Crippen LogP contribution in [0.3, 0.4) is 0 Å². The van der Waals surface area contributed by atoms with Crippen LogP contribution in [0, 0.1) is 0 Å². The van der Waals surface area contributed by atoms with E-state index in [2.05, 4.69) is 5.32 Å².